The minimum absolute atomic E-state index is 0.225. The van der Waals surface area contributed by atoms with E-state index in [0.29, 0.717) is 16.5 Å². The van der Waals surface area contributed by atoms with Crippen LogP contribution in [0.3, 0.4) is 0 Å². The number of hydrogen-bond acceptors (Lipinski definition) is 4. The van der Waals surface area contributed by atoms with Crippen LogP contribution in [0.5, 0.6) is 0 Å². The van der Waals surface area contributed by atoms with Gasteiger partial charge >= 0.3 is 5.97 Å². The maximum atomic E-state index is 11.6. The van der Waals surface area contributed by atoms with E-state index in [1.165, 1.54) is 48.1 Å². The first kappa shape index (κ1) is 19.1. The van der Waals surface area contributed by atoms with Crippen LogP contribution in [0.25, 0.3) is 10.9 Å². The number of unbranched alkanes of at least 4 members (excludes halogenated alkanes) is 3. The molecule has 0 radical (unpaired) electrons. The Labute approximate surface area is 146 Å². The van der Waals surface area contributed by atoms with Crippen molar-refractivity contribution in [3.05, 3.63) is 34.4 Å². The summed E-state index contributed by atoms with van der Waals surface area (Å²) < 4.78 is 6.34. The predicted octanol–water partition coefficient (Wildman–Crippen LogP) is 4.55. The molecule has 2 aromatic heterocycles. The first-order valence-corrected chi connectivity index (χ1v) is 10.5. The first-order valence-electron chi connectivity index (χ1n) is 7.20. The summed E-state index contributed by atoms with van der Waals surface area (Å²) in [5.74, 6) is -0.461. The lowest BCUT2D eigenvalue weighted by atomic mass is 10.2. The average Bonchev–Trinajstić information content (AvgIpc) is 2.98. The van der Waals surface area contributed by atoms with Gasteiger partial charge in [0.25, 0.3) is 5.56 Å². The van der Waals surface area contributed by atoms with E-state index in [1.807, 2.05) is 0 Å². The molecule has 2 rings (SSSR count). The lowest BCUT2D eigenvalue weighted by Crippen LogP contribution is -2.12. The second-order valence-corrected chi connectivity index (χ2v) is 6.42. The Morgan fingerprint density at radius 2 is 2.00 bits per heavy atom. The van der Waals surface area contributed by atoms with Crippen molar-refractivity contribution in [1.29, 1.82) is 0 Å². The van der Waals surface area contributed by atoms with Gasteiger partial charge in [0.2, 0.25) is 0 Å². The van der Waals surface area contributed by atoms with Crippen LogP contribution in [0.15, 0.2) is 23.3 Å². The minimum atomic E-state index is -0.461. The zero-order chi connectivity index (χ0) is 16.5. The second kappa shape index (κ2) is 9.94. The van der Waals surface area contributed by atoms with E-state index in [9.17, 15) is 9.59 Å². The molecule has 7 heteroatoms. The normalized spacial score (nSPS) is 10.2. The van der Waals surface area contributed by atoms with Gasteiger partial charge in [-0.15, -0.1) is 0 Å². The van der Waals surface area contributed by atoms with Crippen molar-refractivity contribution in [2.24, 2.45) is 0 Å². The van der Waals surface area contributed by atoms with Crippen molar-refractivity contribution in [3.8, 4) is 0 Å². The maximum absolute atomic E-state index is 11.6. The van der Waals surface area contributed by atoms with Crippen LogP contribution in [-0.2, 0) is 4.74 Å². The summed E-state index contributed by atoms with van der Waals surface area (Å²) in [4.78, 5) is 25.6. The zero-order valence-corrected chi connectivity index (χ0v) is 16.0. The standard InChI is InChI=1S/C9H7IN2O3S.C6H14/c1-15-9(14)6-4-11-8(13)7-5(6)2-3-12(7)16-10;1-3-5-6-4-2/h2-4H,1H3,(H,11,13);3-6H2,1-2H3. The summed E-state index contributed by atoms with van der Waals surface area (Å²) in [7, 11) is 2.67. The quantitative estimate of drug-likeness (QED) is 0.425. The van der Waals surface area contributed by atoms with Crippen molar-refractivity contribution >= 4 is 47.2 Å². The SMILES string of the molecule is CCCCCC.COC(=O)c1c[nH]c(=O)c2c1ccn2SI. The molecule has 0 saturated carbocycles. The van der Waals surface area contributed by atoms with E-state index in [2.05, 4.69) is 44.8 Å². The molecule has 0 aliphatic heterocycles. The summed E-state index contributed by atoms with van der Waals surface area (Å²) in [6.45, 7) is 4.46. The first-order chi connectivity index (χ1) is 10.6. The van der Waals surface area contributed by atoms with Crippen LogP contribution in [0.4, 0.5) is 0 Å². The molecule has 22 heavy (non-hydrogen) atoms. The van der Waals surface area contributed by atoms with Crippen molar-refractivity contribution in [2.45, 2.75) is 39.5 Å². The molecule has 2 heterocycles. The van der Waals surface area contributed by atoms with E-state index in [4.69, 9.17) is 0 Å². The third kappa shape index (κ3) is 4.77. The van der Waals surface area contributed by atoms with Gasteiger partial charge in [0.05, 0.1) is 12.7 Å². The van der Waals surface area contributed by atoms with Gasteiger partial charge in [-0.3, -0.25) is 8.77 Å². The Morgan fingerprint density at radius 3 is 2.50 bits per heavy atom. The molecule has 0 atom stereocenters. The number of carbonyl (C=O) groups is 1. The van der Waals surface area contributed by atoms with E-state index in [1.54, 1.807) is 16.2 Å². The average molecular weight is 436 g/mol. The Bertz CT molecular complexity index is 662. The summed E-state index contributed by atoms with van der Waals surface area (Å²) in [6.07, 6.45) is 8.65. The van der Waals surface area contributed by atoms with Gasteiger partial charge in [0, 0.05) is 48.1 Å². The monoisotopic (exact) mass is 436 g/mol. The minimum Gasteiger partial charge on any atom is -0.465 e. The highest BCUT2D eigenvalue weighted by Gasteiger charge is 2.15. The van der Waals surface area contributed by atoms with Crippen LogP contribution in [0.1, 0.15) is 49.9 Å². The largest absolute Gasteiger partial charge is 0.465 e. The maximum Gasteiger partial charge on any atom is 0.340 e. The number of nitrogens with zero attached hydrogens (tertiary/aromatic N) is 1. The molecule has 0 amide bonds. The molecular formula is C15H21IN2O3S. The topological polar surface area (TPSA) is 64.1 Å². The third-order valence-corrected chi connectivity index (χ3v) is 4.87. The van der Waals surface area contributed by atoms with Gasteiger partial charge in [0.15, 0.2) is 0 Å². The molecule has 0 bridgehead atoms. The van der Waals surface area contributed by atoms with Crippen LogP contribution in [0.2, 0.25) is 0 Å². The Morgan fingerprint density at radius 1 is 1.36 bits per heavy atom. The number of hydrogen-bond donors (Lipinski definition) is 1. The van der Waals surface area contributed by atoms with E-state index in [0.717, 1.165) is 0 Å². The lowest BCUT2D eigenvalue weighted by Gasteiger charge is -2.01. The molecule has 0 unspecified atom stereocenters. The van der Waals surface area contributed by atoms with Crippen molar-refractivity contribution in [3.63, 3.8) is 0 Å². The molecule has 0 fully saturated rings. The number of aromatic amines is 1. The fourth-order valence-electron chi connectivity index (χ4n) is 1.97. The smallest absolute Gasteiger partial charge is 0.340 e. The summed E-state index contributed by atoms with van der Waals surface area (Å²) >= 11 is 2.06. The lowest BCUT2D eigenvalue weighted by molar-refractivity contribution is 0.0602. The van der Waals surface area contributed by atoms with Gasteiger partial charge in [0.1, 0.15) is 5.52 Å². The van der Waals surface area contributed by atoms with E-state index in [-0.39, 0.29) is 5.56 Å². The number of esters is 1. The highest BCUT2D eigenvalue weighted by atomic mass is 127. The fraction of sp³-hybridized carbons (Fsp3) is 0.467. The van der Waals surface area contributed by atoms with Crippen molar-refractivity contribution < 1.29 is 9.53 Å². The molecule has 5 nitrogen and oxygen atoms in total. The van der Waals surface area contributed by atoms with E-state index >= 15 is 0 Å². The fourth-order valence-corrected chi connectivity index (χ4v) is 3.32. The Hall–Kier alpha value is -0.960. The zero-order valence-electron chi connectivity index (χ0n) is 13.0. The molecule has 1 N–H and O–H groups in total. The highest BCUT2D eigenvalue weighted by Crippen LogP contribution is 2.24. The number of halogens is 1. The molecule has 0 saturated heterocycles. The molecular weight excluding hydrogens is 415 g/mol. The van der Waals surface area contributed by atoms with Crippen LogP contribution < -0.4 is 5.56 Å². The number of rotatable bonds is 5. The number of methoxy groups -OCH3 is 1. The Balaban J connectivity index is 0.000000346. The molecule has 0 spiro atoms. The number of nitrogens with one attached hydrogen (secondary N) is 1. The van der Waals surface area contributed by atoms with Crippen LogP contribution in [-0.4, -0.2) is 22.0 Å². The molecule has 122 valence electrons. The Kier molecular flexibility index (Phi) is 8.62. The van der Waals surface area contributed by atoms with Gasteiger partial charge in [-0.25, -0.2) is 4.79 Å². The molecule has 0 aliphatic rings. The number of carbonyl (C=O) groups excluding carboxylic acids is 1. The van der Waals surface area contributed by atoms with Crippen molar-refractivity contribution in [2.75, 3.05) is 7.11 Å². The van der Waals surface area contributed by atoms with Crippen LogP contribution in [0, 0.1) is 0 Å². The number of aromatic nitrogens is 2. The third-order valence-electron chi connectivity index (χ3n) is 3.14. The highest BCUT2D eigenvalue weighted by molar-refractivity contribution is 14.2. The number of H-pyrrole nitrogens is 1. The van der Waals surface area contributed by atoms with Gasteiger partial charge in [-0.2, -0.15) is 0 Å². The summed E-state index contributed by atoms with van der Waals surface area (Å²) in [5.41, 5.74) is 0.598. The molecule has 0 aliphatic carbocycles. The summed E-state index contributed by atoms with van der Waals surface area (Å²) in [6, 6.07) is 1.72. The van der Waals surface area contributed by atoms with E-state index < -0.39 is 5.97 Å². The number of ether oxygens (including phenoxy) is 1. The van der Waals surface area contributed by atoms with Gasteiger partial charge in [-0.1, -0.05) is 39.5 Å². The van der Waals surface area contributed by atoms with Gasteiger partial charge < -0.3 is 9.72 Å². The molecule has 0 aromatic carbocycles. The van der Waals surface area contributed by atoms with Gasteiger partial charge in [-0.05, 0) is 6.07 Å². The van der Waals surface area contributed by atoms with Crippen LogP contribution >= 0.6 is 30.3 Å². The number of pyridine rings is 1. The summed E-state index contributed by atoms with van der Waals surface area (Å²) in [5, 5.41) is 0.597. The predicted molar refractivity (Wildman–Crippen MR) is 101 cm³/mol. The van der Waals surface area contributed by atoms with Crippen molar-refractivity contribution in [1.82, 2.24) is 8.96 Å². The molecule has 2 aromatic rings. The number of fused-ring (bicyclic) bond motifs is 1. The second-order valence-electron chi connectivity index (χ2n) is 4.70.